The molecule has 0 spiro atoms. The molecule has 1 aliphatic heterocycles. The van der Waals surface area contributed by atoms with E-state index >= 15 is 0 Å². The zero-order chi connectivity index (χ0) is 13.7. The third-order valence-electron chi connectivity index (χ3n) is 1.46. The first-order valence-corrected chi connectivity index (χ1v) is 5.66. The van der Waals surface area contributed by atoms with E-state index in [4.69, 9.17) is 10.2 Å². The quantitative estimate of drug-likeness (QED) is 0.660. The van der Waals surface area contributed by atoms with Crippen LogP contribution in [0, 0.1) is 0 Å². The van der Waals surface area contributed by atoms with Crippen LogP contribution in [0.3, 0.4) is 0 Å². The van der Waals surface area contributed by atoms with Gasteiger partial charge in [-0.3, -0.25) is 9.59 Å². The van der Waals surface area contributed by atoms with Crippen LogP contribution in [0.5, 0.6) is 0 Å². The summed E-state index contributed by atoms with van der Waals surface area (Å²) >= 11 is 0.739. The number of hydrogen-bond acceptors (Lipinski definition) is 8. The van der Waals surface area contributed by atoms with E-state index in [1.54, 1.807) is 0 Å². The van der Waals surface area contributed by atoms with Gasteiger partial charge in [0.15, 0.2) is 0 Å². The number of carboxylic acids is 2. The van der Waals surface area contributed by atoms with Gasteiger partial charge in [0.2, 0.25) is 10.2 Å². The van der Waals surface area contributed by atoms with Crippen molar-refractivity contribution in [3.05, 3.63) is 20.0 Å². The molecule has 0 aliphatic carbocycles. The minimum Gasteiger partial charge on any atom is -0.477 e. The Hall–Kier alpha value is -1.94. The molecule has 18 heavy (non-hydrogen) atoms. The Labute approximate surface area is 108 Å². The Morgan fingerprint density at radius 1 is 0.889 bits per heavy atom. The molecule has 0 radical (unpaired) electrons. The first-order valence-electron chi connectivity index (χ1n) is 4.02. The van der Waals surface area contributed by atoms with E-state index in [2.05, 4.69) is 9.47 Å². The zero-order valence-corrected chi connectivity index (χ0v) is 9.95. The molecule has 0 aromatic heterocycles. The van der Waals surface area contributed by atoms with Gasteiger partial charge in [0, 0.05) is 0 Å². The average molecular weight is 292 g/mol. The van der Waals surface area contributed by atoms with Crippen molar-refractivity contribution in [2.75, 3.05) is 0 Å². The first-order chi connectivity index (χ1) is 8.51. The van der Waals surface area contributed by atoms with Crippen LogP contribution >= 0.6 is 23.5 Å². The van der Waals surface area contributed by atoms with Crippen LogP contribution < -0.4 is 0 Å². The summed E-state index contributed by atoms with van der Waals surface area (Å²) in [5, 5.41) is 17.0. The standard InChI is InChI=1S/C8H4O8S2/c9-1-15-7-8(16-2-10)18-4(6(13)14)3(17-7)5(11)12/h1-2H,(H,11,12)(H,13,14). The molecule has 1 heterocycles. The number of hydrogen-bond donors (Lipinski definition) is 2. The van der Waals surface area contributed by atoms with E-state index < -0.39 is 21.7 Å². The van der Waals surface area contributed by atoms with Gasteiger partial charge in [-0.1, -0.05) is 0 Å². The number of rotatable bonds is 6. The van der Waals surface area contributed by atoms with Crippen LogP contribution in [0.4, 0.5) is 0 Å². The summed E-state index contributed by atoms with van der Waals surface area (Å²) < 4.78 is 8.85. The molecule has 10 heteroatoms. The molecule has 0 aromatic rings. The second-order valence-corrected chi connectivity index (χ2v) is 4.44. The number of carbonyl (C=O) groups is 4. The molecule has 0 saturated heterocycles. The predicted molar refractivity (Wildman–Crippen MR) is 58.8 cm³/mol. The second-order valence-electron chi connectivity index (χ2n) is 2.48. The van der Waals surface area contributed by atoms with E-state index in [1.165, 1.54) is 0 Å². The number of aliphatic carboxylic acids is 2. The highest BCUT2D eigenvalue weighted by atomic mass is 32.2. The second kappa shape index (κ2) is 6.12. The highest BCUT2D eigenvalue weighted by Gasteiger charge is 2.32. The molecular weight excluding hydrogens is 288 g/mol. The number of thioether (sulfide) groups is 2. The molecule has 8 nitrogen and oxygen atoms in total. The molecule has 0 amide bonds. The minimum absolute atomic E-state index is 0.00227. The van der Waals surface area contributed by atoms with Crippen molar-refractivity contribution >= 4 is 48.4 Å². The average Bonchev–Trinajstić information content (AvgIpc) is 2.30. The fourth-order valence-corrected chi connectivity index (χ4v) is 2.72. The molecule has 0 bridgehead atoms. The molecule has 1 aliphatic rings. The van der Waals surface area contributed by atoms with Crippen molar-refractivity contribution in [3.8, 4) is 0 Å². The van der Waals surface area contributed by atoms with Crippen molar-refractivity contribution in [3.63, 3.8) is 0 Å². The Balaban J connectivity index is 3.16. The van der Waals surface area contributed by atoms with Crippen molar-refractivity contribution in [1.82, 2.24) is 0 Å². The minimum atomic E-state index is -1.50. The fourth-order valence-electron chi connectivity index (χ4n) is 0.875. The Bertz CT molecular complexity index is 435. The summed E-state index contributed by atoms with van der Waals surface area (Å²) in [6.07, 6.45) is 0. The Morgan fingerprint density at radius 3 is 1.44 bits per heavy atom. The zero-order valence-electron chi connectivity index (χ0n) is 8.32. The molecule has 0 fully saturated rings. The van der Waals surface area contributed by atoms with Gasteiger partial charge in [0.05, 0.1) is 0 Å². The Kier molecular flexibility index (Phi) is 4.80. The van der Waals surface area contributed by atoms with Gasteiger partial charge in [0.1, 0.15) is 9.81 Å². The van der Waals surface area contributed by atoms with Gasteiger partial charge in [-0.25, -0.2) is 9.59 Å². The summed E-state index contributed by atoms with van der Waals surface area (Å²) in [6, 6.07) is 0. The molecule has 0 saturated carbocycles. The molecular formula is C8H4O8S2. The molecule has 2 N–H and O–H groups in total. The van der Waals surface area contributed by atoms with E-state index in [9.17, 15) is 19.2 Å². The molecule has 0 atom stereocenters. The summed E-state index contributed by atoms with van der Waals surface area (Å²) in [5.41, 5.74) is 0. The summed E-state index contributed by atoms with van der Waals surface area (Å²) in [5.74, 6) is -3.00. The van der Waals surface area contributed by atoms with Crippen LogP contribution in [-0.2, 0) is 28.7 Å². The molecule has 96 valence electrons. The normalized spacial score (nSPS) is 15.1. The summed E-state index contributed by atoms with van der Waals surface area (Å²) in [4.78, 5) is 41.0. The number of ether oxygens (including phenoxy) is 2. The highest BCUT2D eigenvalue weighted by molar-refractivity contribution is 8.14. The maximum Gasteiger partial charge on any atom is 0.344 e. The van der Waals surface area contributed by atoms with E-state index in [0.717, 1.165) is 0 Å². The fraction of sp³-hybridized carbons (Fsp3) is 0. The predicted octanol–water partition coefficient (Wildman–Crippen LogP) is 0.320. The number of carbonyl (C=O) groups excluding carboxylic acids is 2. The Morgan fingerprint density at radius 2 is 1.22 bits per heavy atom. The number of carboxylic acid groups (broad SMARTS) is 2. The van der Waals surface area contributed by atoms with Crippen molar-refractivity contribution in [2.24, 2.45) is 0 Å². The monoisotopic (exact) mass is 292 g/mol. The van der Waals surface area contributed by atoms with Crippen LogP contribution in [0.2, 0.25) is 0 Å². The van der Waals surface area contributed by atoms with Gasteiger partial charge < -0.3 is 19.7 Å². The van der Waals surface area contributed by atoms with Gasteiger partial charge >= 0.3 is 11.9 Å². The molecule has 0 unspecified atom stereocenters. The van der Waals surface area contributed by atoms with Crippen LogP contribution in [0.15, 0.2) is 20.0 Å². The van der Waals surface area contributed by atoms with Crippen molar-refractivity contribution < 1.29 is 38.9 Å². The smallest absolute Gasteiger partial charge is 0.344 e. The van der Waals surface area contributed by atoms with Gasteiger partial charge in [-0.2, -0.15) is 0 Å². The molecule has 0 aromatic carbocycles. The van der Waals surface area contributed by atoms with E-state index in [-0.39, 0.29) is 23.1 Å². The SMILES string of the molecule is O=COC1=C(OC=O)SC(C(=O)O)=C(C(=O)O)S1. The van der Waals surface area contributed by atoms with Crippen LogP contribution in [0.25, 0.3) is 0 Å². The summed E-state index contributed by atoms with van der Waals surface area (Å²) in [6.45, 7) is 0.00454. The van der Waals surface area contributed by atoms with E-state index in [1.807, 2.05) is 0 Å². The lowest BCUT2D eigenvalue weighted by atomic mass is 10.5. The maximum absolute atomic E-state index is 10.9. The molecule has 1 rings (SSSR count). The maximum atomic E-state index is 10.9. The van der Waals surface area contributed by atoms with Gasteiger partial charge in [-0.05, 0) is 23.5 Å². The van der Waals surface area contributed by atoms with Gasteiger partial charge in [0.25, 0.3) is 12.9 Å². The highest BCUT2D eigenvalue weighted by Crippen LogP contribution is 2.45. The van der Waals surface area contributed by atoms with Crippen LogP contribution in [-0.4, -0.2) is 35.1 Å². The topological polar surface area (TPSA) is 127 Å². The van der Waals surface area contributed by atoms with Crippen molar-refractivity contribution in [2.45, 2.75) is 0 Å². The van der Waals surface area contributed by atoms with Crippen molar-refractivity contribution in [1.29, 1.82) is 0 Å². The lowest BCUT2D eigenvalue weighted by molar-refractivity contribution is -0.134. The first kappa shape index (κ1) is 14.1. The largest absolute Gasteiger partial charge is 0.477 e. The third-order valence-corrected chi connectivity index (χ3v) is 3.82. The van der Waals surface area contributed by atoms with Crippen LogP contribution in [0.1, 0.15) is 0 Å². The van der Waals surface area contributed by atoms with E-state index in [0.29, 0.717) is 23.5 Å². The third kappa shape index (κ3) is 3.05. The van der Waals surface area contributed by atoms with Gasteiger partial charge in [-0.15, -0.1) is 0 Å². The lowest BCUT2D eigenvalue weighted by Gasteiger charge is -2.16. The summed E-state index contributed by atoms with van der Waals surface area (Å²) in [7, 11) is 0. The lowest BCUT2D eigenvalue weighted by Crippen LogP contribution is -2.12.